The van der Waals surface area contributed by atoms with Gasteiger partial charge >= 0.3 is 12.1 Å². The monoisotopic (exact) mass is 734 g/mol. The summed E-state index contributed by atoms with van der Waals surface area (Å²) in [6, 6.07) is 18.6. The predicted molar refractivity (Wildman–Crippen MR) is 202 cm³/mol. The van der Waals surface area contributed by atoms with Crippen molar-refractivity contribution in [1.82, 2.24) is 30.2 Å². The molecule has 2 heterocycles. The van der Waals surface area contributed by atoms with Crippen LogP contribution in [-0.4, -0.2) is 68.7 Å². The molecule has 0 fully saturated rings. The Bertz CT molecular complexity index is 1640. The molecule has 2 aromatic heterocycles. The van der Waals surface area contributed by atoms with Crippen molar-refractivity contribution in [2.75, 3.05) is 7.05 Å². The molecule has 0 bridgehead atoms. The fraction of sp³-hybridized carbons (Fsp3) is 0.447. The third-order valence-electron chi connectivity index (χ3n) is 8.68. The lowest BCUT2D eigenvalue weighted by Gasteiger charge is -2.30. The van der Waals surface area contributed by atoms with E-state index in [-0.39, 0.29) is 30.9 Å². The molecule has 4 amide bonds. The van der Waals surface area contributed by atoms with Crippen molar-refractivity contribution < 1.29 is 24.2 Å². The van der Waals surface area contributed by atoms with Crippen LogP contribution in [0.1, 0.15) is 73.2 Å². The van der Waals surface area contributed by atoms with E-state index >= 15 is 0 Å². The van der Waals surface area contributed by atoms with Crippen molar-refractivity contribution in [3.63, 3.8) is 0 Å². The van der Waals surface area contributed by atoms with Crippen molar-refractivity contribution in [2.45, 2.75) is 96.7 Å². The lowest BCUT2D eigenvalue weighted by molar-refractivity contribution is -0.124. The number of alkyl carbamates (subject to hydrolysis) is 1. The van der Waals surface area contributed by atoms with Gasteiger partial charge in [0.15, 0.2) is 0 Å². The zero-order valence-corrected chi connectivity index (χ0v) is 31.6. The molecule has 1 unspecified atom stereocenters. The Kier molecular flexibility index (Phi) is 15.4. The number of amides is 4. The van der Waals surface area contributed by atoms with Crippen molar-refractivity contribution in [1.29, 1.82) is 0 Å². The zero-order valence-electron chi connectivity index (χ0n) is 30.0. The highest BCUT2D eigenvalue weighted by molar-refractivity contribution is 7.09. The molecule has 5 atom stereocenters. The highest BCUT2D eigenvalue weighted by Gasteiger charge is 2.31. The van der Waals surface area contributed by atoms with Gasteiger partial charge < -0.3 is 30.7 Å². The molecule has 0 spiro atoms. The van der Waals surface area contributed by atoms with Crippen LogP contribution in [0, 0.1) is 5.92 Å². The Balaban J connectivity index is 1.46. The third-order valence-corrected chi connectivity index (χ3v) is 10.5. The van der Waals surface area contributed by atoms with E-state index in [2.05, 4.69) is 34.2 Å². The number of nitrogens with one attached hydrogen (secondary N) is 3. The minimum atomic E-state index is -1.05. The number of aliphatic hydroxyl groups excluding tert-OH is 1. The van der Waals surface area contributed by atoms with Gasteiger partial charge in [-0.25, -0.2) is 18.9 Å². The Morgan fingerprint density at radius 3 is 2.20 bits per heavy atom. The van der Waals surface area contributed by atoms with Crippen LogP contribution in [0.15, 0.2) is 78.3 Å². The molecule has 13 heteroatoms. The lowest BCUT2D eigenvalue weighted by atomic mass is 9.93. The summed E-state index contributed by atoms with van der Waals surface area (Å²) in [6.07, 6.45) is 1.83. The Labute approximate surface area is 309 Å². The van der Waals surface area contributed by atoms with Gasteiger partial charge in [-0.3, -0.25) is 4.79 Å². The number of aliphatic hydroxyl groups is 1. The summed E-state index contributed by atoms with van der Waals surface area (Å²) in [6.45, 7) is 8.39. The van der Waals surface area contributed by atoms with Crippen LogP contribution in [0.25, 0.3) is 0 Å². The standard InChI is InChI=1S/C38H50N6O5S2/c1-6-26(4)36-41-30(24-50-36)22-44(5)37(47)43-34(25(2)3)35(46)40-29(19-27-13-9-7-10-14-27)21-33(45)32(20-28-15-11-8-12-16-28)42-38(48)49-23-31-17-18-39-51-31/h7-18,24-26,29,32-34,45H,6,19-23H2,1-5H3,(H,40,46)(H,42,48)(H,43,47)/t26?,29-,32-,33-,34-/m0/s1. The zero-order chi connectivity index (χ0) is 36.8. The van der Waals surface area contributed by atoms with E-state index in [0.29, 0.717) is 25.3 Å². The normalized spacial score (nSPS) is 14.2. The minimum absolute atomic E-state index is 0.0672. The summed E-state index contributed by atoms with van der Waals surface area (Å²) in [4.78, 5) is 47.2. The molecule has 0 aliphatic heterocycles. The fourth-order valence-corrected chi connectivity index (χ4v) is 6.97. The Morgan fingerprint density at radius 1 is 0.922 bits per heavy atom. The van der Waals surface area contributed by atoms with Crippen molar-refractivity contribution >= 4 is 40.9 Å². The van der Waals surface area contributed by atoms with Crippen LogP contribution >= 0.6 is 22.9 Å². The molecule has 2 aromatic carbocycles. The van der Waals surface area contributed by atoms with E-state index in [4.69, 9.17) is 9.72 Å². The molecular formula is C38H50N6O5S2. The molecule has 0 saturated heterocycles. The predicted octanol–water partition coefficient (Wildman–Crippen LogP) is 6.30. The van der Waals surface area contributed by atoms with E-state index in [9.17, 15) is 19.5 Å². The number of ether oxygens (including phenoxy) is 1. The number of hydrogen-bond acceptors (Lipinski definition) is 9. The summed E-state index contributed by atoms with van der Waals surface area (Å²) < 4.78 is 9.47. The SMILES string of the molecule is CCC(C)c1nc(CN(C)C(=O)N[C@H](C(=O)N[C@@H](Cc2ccccc2)C[C@H](O)[C@H](Cc2ccccc2)NC(=O)OCc2ccns2)C(C)C)cs1. The maximum Gasteiger partial charge on any atom is 0.407 e. The highest BCUT2D eigenvalue weighted by Crippen LogP contribution is 2.23. The first kappa shape index (κ1) is 39.5. The number of urea groups is 1. The van der Waals surface area contributed by atoms with Crippen LogP contribution in [0.2, 0.25) is 0 Å². The summed E-state index contributed by atoms with van der Waals surface area (Å²) in [5.41, 5.74) is 2.70. The quantitative estimate of drug-likeness (QED) is 0.0940. The fourth-order valence-electron chi connectivity index (χ4n) is 5.53. The summed E-state index contributed by atoms with van der Waals surface area (Å²) >= 11 is 2.84. The second kappa shape index (κ2) is 19.9. The Hall–Kier alpha value is -4.33. The molecule has 0 saturated carbocycles. The van der Waals surface area contributed by atoms with Crippen LogP contribution in [0.5, 0.6) is 0 Å². The Morgan fingerprint density at radius 2 is 1.59 bits per heavy atom. The van der Waals surface area contributed by atoms with Crippen LogP contribution < -0.4 is 16.0 Å². The van der Waals surface area contributed by atoms with Gasteiger partial charge in [0.1, 0.15) is 12.6 Å². The van der Waals surface area contributed by atoms with Gasteiger partial charge in [0.2, 0.25) is 5.91 Å². The molecule has 11 nitrogen and oxygen atoms in total. The summed E-state index contributed by atoms with van der Waals surface area (Å²) in [5, 5.41) is 23.6. The van der Waals surface area contributed by atoms with E-state index in [1.807, 2.05) is 79.9 Å². The number of carbonyl (C=O) groups excluding carboxylic acids is 3. The van der Waals surface area contributed by atoms with Gasteiger partial charge in [-0.15, -0.1) is 11.3 Å². The first-order valence-corrected chi connectivity index (χ1v) is 19.0. The topological polar surface area (TPSA) is 146 Å². The molecule has 0 aliphatic rings. The van der Waals surface area contributed by atoms with Crippen molar-refractivity contribution in [3.8, 4) is 0 Å². The minimum Gasteiger partial charge on any atom is -0.444 e. The average molecular weight is 735 g/mol. The van der Waals surface area contributed by atoms with E-state index < -0.39 is 30.3 Å². The average Bonchev–Trinajstić information content (AvgIpc) is 3.82. The molecule has 274 valence electrons. The van der Waals surface area contributed by atoms with E-state index in [1.54, 1.807) is 30.6 Å². The van der Waals surface area contributed by atoms with Gasteiger partial charge in [-0.2, -0.15) is 0 Å². The number of nitrogens with zero attached hydrogens (tertiary/aromatic N) is 3. The van der Waals surface area contributed by atoms with Crippen LogP contribution in [0.3, 0.4) is 0 Å². The van der Waals surface area contributed by atoms with Gasteiger partial charge in [-0.1, -0.05) is 88.4 Å². The van der Waals surface area contributed by atoms with Gasteiger partial charge in [0, 0.05) is 30.6 Å². The molecule has 0 radical (unpaired) electrons. The second-order valence-corrected chi connectivity index (χ2v) is 15.0. The van der Waals surface area contributed by atoms with E-state index in [0.717, 1.165) is 33.1 Å². The largest absolute Gasteiger partial charge is 0.444 e. The maximum absolute atomic E-state index is 13.9. The van der Waals surface area contributed by atoms with E-state index in [1.165, 1.54) is 16.4 Å². The summed E-state index contributed by atoms with van der Waals surface area (Å²) in [5.74, 6) is -0.225. The number of rotatable bonds is 18. The highest BCUT2D eigenvalue weighted by atomic mass is 32.1. The number of benzene rings is 2. The third kappa shape index (κ3) is 12.7. The first-order chi connectivity index (χ1) is 24.5. The van der Waals surface area contributed by atoms with Gasteiger partial charge in [-0.05, 0) is 60.3 Å². The smallest absolute Gasteiger partial charge is 0.407 e. The maximum atomic E-state index is 13.9. The van der Waals surface area contributed by atoms with Crippen molar-refractivity contribution in [2.24, 2.45) is 5.92 Å². The van der Waals surface area contributed by atoms with Crippen LogP contribution in [0.4, 0.5) is 9.59 Å². The molecule has 51 heavy (non-hydrogen) atoms. The molecule has 4 rings (SSSR count). The second-order valence-electron chi connectivity index (χ2n) is 13.2. The number of hydrogen-bond donors (Lipinski definition) is 4. The lowest BCUT2D eigenvalue weighted by Crippen LogP contribution is -2.55. The van der Waals surface area contributed by atoms with Gasteiger partial charge in [0.05, 0.1) is 34.3 Å². The first-order valence-electron chi connectivity index (χ1n) is 17.4. The van der Waals surface area contributed by atoms with Gasteiger partial charge in [0.25, 0.3) is 0 Å². The molecule has 4 aromatic rings. The number of aromatic nitrogens is 2. The van der Waals surface area contributed by atoms with Crippen LogP contribution in [-0.2, 0) is 35.5 Å². The number of thiazole rings is 1. The van der Waals surface area contributed by atoms with Crippen molar-refractivity contribution in [3.05, 3.63) is 105 Å². The molecule has 0 aliphatic carbocycles. The number of carbonyl (C=O) groups is 3. The molecular weight excluding hydrogens is 685 g/mol. The molecule has 4 N–H and O–H groups in total. The summed E-state index contributed by atoms with van der Waals surface area (Å²) in [7, 11) is 1.68.